The lowest BCUT2D eigenvalue weighted by Gasteiger charge is -2.08. The number of allylic oxidation sites excluding steroid dienone is 1. The number of aliphatic hydroxyl groups excluding tert-OH is 1. The first-order valence-electron chi connectivity index (χ1n) is 4.22. The molecule has 1 aromatic rings. The third kappa shape index (κ3) is 2.10. The van der Waals surface area contributed by atoms with Gasteiger partial charge in [-0.15, -0.1) is 6.58 Å². The van der Waals surface area contributed by atoms with E-state index in [1.165, 1.54) is 0 Å². The molecule has 0 heterocycles. The minimum atomic E-state index is -0.127. The molecule has 1 rings (SSSR count). The zero-order valence-electron chi connectivity index (χ0n) is 7.75. The molecular formula is C11H14O2. The number of phenols is 1. The van der Waals surface area contributed by atoms with E-state index in [2.05, 4.69) is 6.58 Å². The van der Waals surface area contributed by atoms with Gasteiger partial charge in [0.1, 0.15) is 5.75 Å². The van der Waals surface area contributed by atoms with Crippen molar-refractivity contribution >= 4 is 0 Å². The summed E-state index contributed by atoms with van der Waals surface area (Å²) in [5.74, 6) is 0.188. The van der Waals surface area contributed by atoms with Crippen molar-refractivity contribution in [3.8, 4) is 5.75 Å². The maximum atomic E-state index is 9.64. The Hall–Kier alpha value is -1.28. The van der Waals surface area contributed by atoms with Crippen molar-refractivity contribution in [1.29, 1.82) is 0 Å². The minimum Gasteiger partial charge on any atom is -0.507 e. The van der Waals surface area contributed by atoms with Gasteiger partial charge in [0, 0.05) is 5.56 Å². The Balaban J connectivity index is 3.18. The lowest BCUT2D eigenvalue weighted by Crippen LogP contribution is -1.91. The average Bonchev–Trinajstić information content (AvgIpc) is 2.11. The molecule has 0 fully saturated rings. The number of aliphatic hydroxyl groups is 1. The number of rotatable bonds is 3. The fraction of sp³-hybridized carbons (Fsp3) is 0.273. The van der Waals surface area contributed by atoms with Crippen LogP contribution in [0, 0.1) is 6.92 Å². The van der Waals surface area contributed by atoms with E-state index in [9.17, 15) is 5.11 Å². The molecule has 0 saturated heterocycles. The van der Waals surface area contributed by atoms with Crippen LogP contribution in [0.3, 0.4) is 0 Å². The second kappa shape index (κ2) is 4.10. The maximum absolute atomic E-state index is 9.64. The summed E-state index contributed by atoms with van der Waals surface area (Å²) >= 11 is 0. The summed E-state index contributed by atoms with van der Waals surface area (Å²) < 4.78 is 0. The Bertz CT molecular complexity index is 316. The first kappa shape index (κ1) is 9.81. The van der Waals surface area contributed by atoms with Gasteiger partial charge in [-0.2, -0.15) is 0 Å². The van der Waals surface area contributed by atoms with Crippen LogP contribution in [0.5, 0.6) is 5.75 Å². The molecule has 2 nitrogen and oxygen atoms in total. The quantitative estimate of drug-likeness (QED) is 0.694. The van der Waals surface area contributed by atoms with Crippen molar-refractivity contribution in [3.05, 3.63) is 41.5 Å². The van der Waals surface area contributed by atoms with Crippen LogP contribution in [0.1, 0.15) is 16.7 Å². The van der Waals surface area contributed by atoms with Crippen LogP contribution in [0.25, 0.3) is 0 Å². The molecule has 0 aliphatic heterocycles. The van der Waals surface area contributed by atoms with Crippen LogP contribution in [0.2, 0.25) is 0 Å². The van der Waals surface area contributed by atoms with Crippen LogP contribution in [0.15, 0.2) is 24.8 Å². The van der Waals surface area contributed by atoms with Gasteiger partial charge in [-0.05, 0) is 18.9 Å². The number of hydrogen-bond donors (Lipinski definition) is 2. The highest BCUT2D eigenvalue weighted by atomic mass is 16.3. The van der Waals surface area contributed by atoms with Gasteiger partial charge in [0.2, 0.25) is 0 Å². The minimum absolute atomic E-state index is 0.127. The summed E-state index contributed by atoms with van der Waals surface area (Å²) in [6, 6.07) is 3.68. The van der Waals surface area contributed by atoms with Gasteiger partial charge in [-0.1, -0.05) is 23.8 Å². The SMILES string of the molecule is C=CCc1cc(C)cc(CO)c1O. The molecule has 0 unspecified atom stereocenters. The third-order valence-electron chi connectivity index (χ3n) is 1.95. The van der Waals surface area contributed by atoms with Gasteiger partial charge < -0.3 is 10.2 Å². The van der Waals surface area contributed by atoms with Gasteiger partial charge in [-0.25, -0.2) is 0 Å². The highest BCUT2D eigenvalue weighted by Crippen LogP contribution is 2.25. The summed E-state index contributed by atoms with van der Waals surface area (Å²) in [7, 11) is 0. The molecule has 2 heteroatoms. The zero-order valence-corrected chi connectivity index (χ0v) is 7.75. The van der Waals surface area contributed by atoms with Crippen LogP contribution in [0.4, 0.5) is 0 Å². The summed E-state index contributed by atoms with van der Waals surface area (Å²) in [6.45, 7) is 5.42. The van der Waals surface area contributed by atoms with Crippen LogP contribution >= 0.6 is 0 Å². The molecule has 0 radical (unpaired) electrons. The average molecular weight is 178 g/mol. The van der Waals surface area contributed by atoms with Crippen LogP contribution in [-0.4, -0.2) is 10.2 Å². The zero-order chi connectivity index (χ0) is 9.84. The predicted octanol–water partition coefficient (Wildman–Crippen LogP) is 1.92. The molecule has 2 N–H and O–H groups in total. The summed E-state index contributed by atoms with van der Waals surface area (Å²) in [5, 5.41) is 18.6. The molecule has 0 aliphatic rings. The second-order valence-electron chi connectivity index (χ2n) is 3.08. The third-order valence-corrected chi connectivity index (χ3v) is 1.95. The number of hydrogen-bond acceptors (Lipinski definition) is 2. The van der Waals surface area contributed by atoms with E-state index in [1.54, 1.807) is 12.1 Å². The topological polar surface area (TPSA) is 40.5 Å². The van der Waals surface area contributed by atoms with Crippen molar-refractivity contribution < 1.29 is 10.2 Å². The molecule has 1 aromatic carbocycles. The first-order chi connectivity index (χ1) is 6.19. The molecule has 0 saturated carbocycles. The van der Waals surface area contributed by atoms with E-state index >= 15 is 0 Å². The Kier molecular flexibility index (Phi) is 3.09. The molecule has 0 aliphatic carbocycles. The lowest BCUT2D eigenvalue weighted by molar-refractivity contribution is 0.275. The molecule has 13 heavy (non-hydrogen) atoms. The smallest absolute Gasteiger partial charge is 0.124 e. The van der Waals surface area contributed by atoms with Crippen LogP contribution in [-0.2, 0) is 13.0 Å². The summed E-state index contributed by atoms with van der Waals surface area (Å²) in [4.78, 5) is 0. The van der Waals surface area contributed by atoms with Gasteiger partial charge in [0.25, 0.3) is 0 Å². The highest BCUT2D eigenvalue weighted by molar-refractivity contribution is 5.43. The maximum Gasteiger partial charge on any atom is 0.124 e. The van der Waals surface area contributed by atoms with Gasteiger partial charge in [0.15, 0.2) is 0 Å². The van der Waals surface area contributed by atoms with E-state index in [1.807, 2.05) is 13.0 Å². The van der Waals surface area contributed by atoms with Gasteiger partial charge >= 0.3 is 0 Å². The monoisotopic (exact) mass is 178 g/mol. The number of aromatic hydroxyl groups is 1. The largest absolute Gasteiger partial charge is 0.507 e. The summed E-state index contributed by atoms with van der Waals surface area (Å²) in [5.41, 5.74) is 2.44. The molecule has 0 aromatic heterocycles. The van der Waals surface area contributed by atoms with Gasteiger partial charge in [0.05, 0.1) is 6.61 Å². The molecule has 0 bridgehead atoms. The molecule has 0 atom stereocenters. The van der Waals surface area contributed by atoms with E-state index in [0.717, 1.165) is 11.1 Å². The summed E-state index contributed by atoms with van der Waals surface area (Å²) in [6.07, 6.45) is 2.36. The van der Waals surface area contributed by atoms with Crippen molar-refractivity contribution in [3.63, 3.8) is 0 Å². The van der Waals surface area contributed by atoms with E-state index < -0.39 is 0 Å². The standard InChI is InChI=1S/C11H14O2/c1-3-4-9-5-8(2)6-10(7-12)11(9)13/h3,5-6,12-13H,1,4,7H2,2H3. The highest BCUT2D eigenvalue weighted by Gasteiger charge is 2.06. The van der Waals surface area contributed by atoms with Crippen LogP contribution < -0.4 is 0 Å². The fourth-order valence-electron chi connectivity index (χ4n) is 1.37. The Morgan fingerprint density at radius 1 is 1.38 bits per heavy atom. The molecular weight excluding hydrogens is 164 g/mol. The Morgan fingerprint density at radius 2 is 2.00 bits per heavy atom. The lowest BCUT2D eigenvalue weighted by atomic mass is 10.0. The molecule has 0 amide bonds. The van der Waals surface area contributed by atoms with Crippen molar-refractivity contribution in [2.45, 2.75) is 20.0 Å². The fourth-order valence-corrected chi connectivity index (χ4v) is 1.37. The van der Waals surface area contributed by atoms with E-state index in [0.29, 0.717) is 12.0 Å². The molecule has 70 valence electrons. The van der Waals surface area contributed by atoms with Crippen molar-refractivity contribution in [2.24, 2.45) is 0 Å². The predicted molar refractivity (Wildman–Crippen MR) is 52.7 cm³/mol. The van der Waals surface area contributed by atoms with E-state index in [4.69, 9.17) is 5.11 Å². The van der Waals surface area contributed by atoms with Crippen molar-refractivity contribution in [2.75, 3.05) is 0 Å². The Morgan fingerprint density at radius 3 is 2.54 bits per heavy atom. The Labute approximate surface area is 78.2 Å². The van der Waals surface area contributed by atoms with Crippen molar-refractivity contribution in [1.82, 2.24) is 0 Å². The van der Waals surface area contributed by atoms with E-state index in [-0.39, 0.29) is 12.4 Å². The molecule has 0 spiro atoms. The van der Waals surface area contributed by atoms with Gasteiger partial charge in [-0.3, -0.25) is 0 Å². The second-order valence-corrected chi connectivity index (χ2v) is 3.08. The number of aryl methyl sites for hydroxylation is 1. The first-order valence-corrected chi connectivity index (χ1v) is 4.22. The normalized spacial score (nSPS) is 10.0. The number of benzene rings is 1.